The summed E-state index contributed by atoms with van der Waals surface area (Å²) in [5.41, 5.74) is 8.74. The third kappa shape index (κ3) is 5.59. The number of nitrogens with zero attached hydrogens (tertiary/aromatic N) is 5. The van der Waals surface area contributed by atoms with Crippen molar-refractivity contribution < 1.29 is 0 Å². The van der Waals surface area contributed by atoms with Gasteiger partial charge in [-0.25, -0.2) is 20.0 Å². The second-order valence-corrected chi connectivity index (χ2v) is 12.2. The van der Waals surface area contributed by atoms with Crippen LogP contribution in [0.2, 0.25) is 0 Å². The van der Waals surface area contributed by atoms with Gasteiger partial charge < -0.3 is 5.32 Å². The third-order valence-corrected chi connectivity index (χ3v) is 8.99. The normalized spacial score (nSPS) is 14.2. The Labute approximate surface area is 289 Å². The van der Waals surface area contributed by atoms with Gasteiger partial charge in [-0.3, -0.25) is 4.98 Å². The molecule has 1 unspecified atom stereocenters. The monoisotopic (exact) mass is 642 g/mol. The summed E-state index contributed by atoms with van der Waals surface area (Å²) in [5.74, 6) is 2.22. The van der Waals surface area contributed by atoms with E-state index in [4.69, 9.17) is 20.0 Å². The lowest BCUT2D eigenvalue weighted by molar-refractivity contribution is 0.757. The highest BCUT2D eigenvalue weighted by Crippen LogP contribution is 2.35. The van der Waals surface area contributed by atoms with Crippen LogP contribution in [0.25, 0.3) is 55.6 Å². The van der Waals surface area contributed by atoms with Crippen LogP contribution in [0.3, 0.4) is 0 Å². The summed E-state index contributed by atoms with van der Waals surface area (Å²) in [7, 11) is 0. The van der Waals surface area contributed by atoms with Gasteiger partial charge in [0.05, 0.1) is 16.9 Å². The molecule has 8 aromatic rings. The Bertz CT molecular complexity index is 2530. The molecule has 50 heavy (non-hydrogen) atoms. The predicted octanol–water partition coefficient (Wildman–Crippen LogP) is 9.67. The fraction of sp³-hybridized carbons (Fsp3) is 0.0227. The predicted molar refractivity (Wildman–Crippen MR) is 203 cm³/mol. The van der Waals surface area contributed by atoms with Crippen LogP contribution >= 0.6 is 0 Å². The highest BCUT2D eigenvalue weighted by molar-refractivity contribution is 6.16. The second-order valence-electron chi connectivity index (χ2n) is 12.2. The topological polar surface area (TPSA) is 75.4 Å². The Hall–Kier alpha value is -6.79. The van der Waals surface area contributed by atoms with Crippen LogP contribution < -0.4 is 5.32 Å². The van der Waals surface area contributed by atoms with Crippen LogP contribution in [0.5, 0.6) is 0 Å². The highest BCUT2D eigenvalue weighted by Gasteiger charge is 2.22. The van der Waals surface area contributed by atoms with E-state index in [-0.39, 0.29) is 0 Å². The van der Waals surface area contributed by atoms with E-state index in [9.17, 15) is 0 Å². The largest absolute Gasteiger partial charge is 0.324 e. The SMILES string of the molecule is c1ccc(C2=NC(c3ccc4ccc5c(-c6ccccc6)nc(-c6ccccc6)nc5c4c3)N=C(c3ccc(-c4ccccn4)cc3)N2)cc1. The fourth-order valence-electron chi connectivity index (χ4n) is 6.44. The van der Waals surface area contributed by atoms with Gasteiger partial charge in [0, 0.05) is 44.8 Å². The van der Waals surface area contributed by atoms with Crippen molar-refractivity contribution >= 4 is 33.3 Å². The Balaban J connectivity index is 1.20. The van der Waals surface area contributed by atoms with Gasteiger partial charge in [-0.15, -0.1) is 0 Å². The molecule has 2 aromatic heterocycles. The minimum Gasteiger partial charge on any atom is -0.324 e. The summed E-state index contributed by atoms with van der Waals surface area (Å²) < 4.78 is 0. The Kier molecular flexibility index (Phi) is 7.44. The minimum absolute atomic E-state index is 0.472. The molecule has 1 aliphatic rings. The summed E-state index contributed by atoms with van der Waals surface area (Å²) >= 11 is 0. The van der Waals surface area contributed by atoms with E-state index in [1.165, 1.54) is 0 Å². The first-order valence-electron chi connectivity index (χ1n) is 16.6. The van der Waals surface area contributed by atoms with Gasteiger partial charge in [0.1, 0.15) is 11.7 Å². The first kappa shape index (κ1) is 29.4. The average Bonchev–Trinajstić information content (AvgIpc) is 3.21. The van der Waals surface area contributed by atoms with Gasteiger partial charge in [0.2, 0.25) is 0 Å². The van der Waals surface area contributed by atoms with Crippen molar-refractivity contribution in [3.05, 3.63) is 187 Å². The molecule has 236 valence electrons. The highest BCUT2D eigenvalue weighted by atomic mass is 15.2. The lowest BCUT2D eigenvalue weighted by Gasteiger charge is -2.23. The van der Waals surface area contributed by atoms with Crippen molar-refractivity contribution in [3.63, 3.8) is 0 Å². The number of nitrogens with one attached hydrogen (secondary N) is 1. The van der Waals surface area contributed by atoms with Crippen LogP contribution in [0.1, 0.15) is 22.9 Å². The number of benzene rings is 6. The van der Waals surface area contributed by atoms with Gasteiger partial charge in [0.15, 0.2) is 12.0 Å². The first-order chi connectivity index (χ1) is 24.8. The fourth-order valence-corrected chi connectivity index (χ4v) is 6.44. The second kappa shape index (κ2) is 12.7. The van der Waals surface area contributed by atoms with E-state index in [1.54, 1.807) is 0 Å². The summed E-state index contributed by atoms with van der Waals surface area (Å²) in [6.45, 7) is 0. The Morgan fingerprint density at radius 3 is 1.74 bits per heavy atom. The molecule has 1 N–H and O–H groups in total. The molecule has 0 fully saturated rings. The number of hydrogen-bond acceptors (Lipinski definition) is 6. The maximum Gasteiger partial charge on any atom is 0.169 e. The number of aromatic nitrogens is 3. The van der Waals surface area contributed by atoms with Crippen LogP contribution in [-0.4, -0.2) is 26.6 Å². The zero-order chi connectivity index (χ0) is 33.3. The van der Waals surface area contributed by atoms with Gasteiger partial charge >= 0.3 is 0 Å². The van der Waals surface area contributed by atoms with Crippen molar-refractivity contribution in [1.82, 2.24) is 20.3 Å². The summed E-state index contributed by atoms with van der Waals surface area (Å²) in [5, 5.41) is 6.65. The lowest BCUT2D eigenvalue weighted by Crippen LogP contribution is -2.36. The average molecular weight is 643 g/mol. The number of aliphatic imine (C=N–C) groups is 2. The number of amidine groups is 2. The summed E-state index contributed by atoms with van der Waals surface area (Å²) in [4.78, 5) is 25.2. The molecule has 0 amide bonds. The van der Waals surface area contributed by atoms with Crippen LogP contribution in [-0.2, 0) is 0 Å². The maximum atomic E-state index is 5.20. The van der Waals surface area contributed by atoms with Crippen molar-refractivity contribution in [3.8, 4) is 33.9 Å². The van der Waals surface area contributed by atoms with E-state index < -0.39 is 6.17 Å². The third-order valence-electron chi connectivity index (χ3n) is 8.99. The molecule has 6 aromatic carbocycles. The molecule has 6 nitrogen and oxygen atoms in total. The summed E-state index contributed by atoms with van der Waals surface area (Å²) in [6, 6.07) is 55.7. The van der Waals surface area contributed by atoms with E-state index in [1.807, 2.05) is 79.0 Å². The first-order valence-corrected chi connectivity index (χ1v) is 16.6. The van der Waals surface area contributed by atoms with Crippen LogP contribution in [0.15, 0.2) is 180 Å². The summed E-state index contributed by atoms with van der Waals surface area (Å²) in [6.07, 6.45) is 1.34. The van der Waals surface area contributed by atoms with E-state index in [0.717, 1.165) is 78.1 Å². The standard InChI is InChI=1S/C44H30N6/c1-4-12-31(13-5-1)39-36-26-25-29-19-24-35(28-37(29)40(36)47-41(46-39)32-14-6-2-7-15-32)44-49-42(33-16-8-3-9-17-33)48-43(50-44)34-22-20-30(21-23-34)38-18-10-11-27-45-38/h1-28,44H,(H,48,49,50). The van der Waals surface area contributed by atoms with E-state index >= 15 is 0 Å². The number of hydrogen-bond donors (Lipinski definition) is 1. The Morgan fingerprint density at radius 2 is 1.06 bits per heavy atom. The molecule has 0 radical (unpaired) electrons. The number of fused-ring (bicyclic) bond motifs is 3. The maximum absolute atomic E-state index is 5.20. The molecular formula is C44H30N6. The van der Waals surface area contributed by atoms with Crippen molar-refractivity contribution in [1.29, 1.82) is 0 Å². The van der Waals surface area contributed by atoms with Crippen molar-refractivity contribution in [2.45, 2.75) is 6.17 Å². The molecule has 9 rings (SSSR count). The number of rotatable bonds is 6. The zero-order valence-electron chi connectivity index (χ0n) is 27.0. The van der Waals surface area contributed by atoms with Gasteiger partial charge in [-0.2, -0.15) is 0 Å². The van der Waals surface area contributed by atoms with Crippen LogP contribution in [0.4, 0.5) is 0 Å². The molecule has 1 aliphatic heterocycles. The van der Waals surface area contributed by atoms with E-state index in [0.29, 0.717) is 5.82 Å². The number of pyridine rings is 1. The molecule has 3 heterocycles. The molecule has 0 saturated heterocycles. The molecule has 1 atom stereocenters. The quantitative estimate of drug-likeness (QED) is 0.183. The molecule has 0 spiro atoms. The minimum atomic E-state index is -0.472. The molecule has 6 heteroatoms. The smallest absolute Gasteiger partial charge is 0.169 e. The van der Waals surface area contributed by atoms with Gasteiger partial charge in [-0.05, 0) is 35.2 Å². The van der Waals surface area contributed by atoms with Crippen LogP contribution in [0, 0.1) is 0 Å². The van der Waals surface area contributed by atoms with Crippen molar-refractivity contribution in [2.75, 3.05) is 0 Å². The molecular weight excluding hydrogens is 613 g/mol. The Morgan fingerprint density at radius 1 is 0.460 bits per heavy atom. The van der Waals surface area contributed by atoms with Gasteiger partial charge in [0.25, 0.3) is 0 Å². The van der Waals surface area contributed by atoms with E-state index in [2.05, 4.69) is 101 Å². The van der Waals surface area contributed by atoms with Gasteiger partial charge in [-0.1, -0.05) is 140 Å². The molecule has 0 saturated carbocycles. The molecule has 0 bridgehead atoms. The zero-order valence-corrected chi connectivity index (χ0v) is 27.0. The van der Waals surface area contributed by atoms with Crippen molar-refractivity contribution in [2.24, 2.45) is 9.98 Å². The molecule has 0 aliphatic carbocycles. The lowest BCUT2D eigenvalue weighted by atomic mass is 9.99.